The van der Waals surface area contributed by atoms with Crippen molar-refractivity contribution in [1.82, 2.24) is 19.8 Å². The van der Waals surface area contributed by atoms with Crippen molar-refractivity contribution in [1.29, 1.82) is 0 Å². The average molecular weight is 614 g/mol. The van der Waals surface area contributed by atoms with Gasteiger partial charge >= 0.3 is 6.03 Å². The smallest absolute Gasteiger partial charge is 0.329 e. The van der Waals surface area contributed by atoms with E-state index >= 15 is 4.39 Å². The third-order valence-electron chi connectivity index (χ3n) is 5.24. The molecule has 2 aromatic heterocycles. The molecule has 2 N–H and O–H groups in total. The molecular weight excluding hydrogens is 597 g/mol. The highest BCUT2D eigenvalue weighted by molar-refractivity contribution is 7.92. The maximum absolute atomic E-state index is 15.3. The Morgan fingerprint density at radius 1 is 1.19 bits per heavy atom. The third kappa shape index (κ3) is 5.83. The van der Waals surface area contributed by atoms with E-state index in [1.807, 2.05) is 0 Å². The fraction of sp³-hybridized carbons (Fsp3) is 0.238. The minimum atomic E-state index is -4.24. The van der Waals surface area contributed by atoms with Crippen LogP contribution in [-0.4, -0.2) is 37.4 Å². The Labute approximate surface area is 230 Å². The van der Waals surface area contributed by atoms with Crippen LogP contribution in [0.1, 0.15) is 22.5 Å². The Kier molecular flexibility index (Phi) is 8.20. The topological polar surface area (TPSA) is 102 Å². The van der Waals surface area contributed by atoms with Crippen LogP contribution in [0.2, 0.25) is 19.4 Å². The normalized spacial score (nSPS) is 14.9. The van der Waals surface area contributed by atoms with Gasteiger partial charge in [0.1, 0.15) is 14.4 Å². The molecule has 192 valence electrons. The molecule has 3 aromatic rings. The summed E-state index contributed by atoms with van der Waals surface area (Å²) in [6.07, 6.45) is 0.314. The molecule has 0 unspecified atom stereocenters. The Bertz CT molecular complexity index is 1470. The molecule has 2 amide bonds. The first-order valence-corrected chi connectivity index (χ1v) is 14.0. The zero-order valence-electron chi connectivity index (χ0n) is 18.4. The number of carbonyl (C=O) groups is 1. The van der Waals surface area contributed by atoms with Crippen LogP contribution in [0.5, 0.6) is 0 Å². The van der Waals surface area contributed by atoms with E-state index in [9.17, 15) is 13.2 Å². The first kappa shape index (κ1) is 27.2. The second kappa shape index (κ2) is 10.9. The number of aryl methyl sites for hydroxylation is 1. The molecule has 36 heavy (non-hydrogen) atoms. The molecule has 4 rings (SSSR count). The van der Waals surface area contributed by atoms with Gasteiger partial charge in [-0.1, -0.05) is 52.5 Å². The molecule has 0 fully saturated rings. The number of hydrogen-bond acceptors (Lipinski definition) is 6. The van der Waals surface area contributed by atoms with Crippen molar-refractivity contribution in [2.75, 3.05) is 13.2 Å². The summed E-state index contributed by atoms with van der Waals surface area (Å²) in [4.78, 5) is 12.2. The van der Waals surface area contributed by atoms with Crippen LogP contribution in [0.3, 0.4) is 0 Å². The van der Waals surface area contributed by atoms with E-state index in [1.54, 1.807) is 34.7 Å². The molecule has 3 heterocycles. The van der Waals surface area contributed by atoms with Crippen molar-refractivity contribution in [3.8, 4) is 0 Å². The van der Waals surface area contributed by atoms with E-state index in [2.05, 4.69) is 10.4 Å². The molecule has 0 atom stereocenters. The summed E-state index contributed by atoms with van der Waals surface area (Å²) < 4.78 is 48.7. The second-order valence-corrected chi connectivity index (χ2v) is 12.5. The molecule has 0 bridgehead atoms. The Morgan fingerprint density at radius 2 is 1.94 bits per heavy atom. The number of halogens is 5. The SMILES string of the molecule is Cn1nc(Cc2ccc(Cl)cc2Cl)c2c1COC/C2=C(/F)CNC(=O)NS(=O)(=O)c1cc(Cl)c(Cl)s1. The van der Waals surface area contributed by atoms with Crippen LogP contribution in [0.4, 0.5) is 9.18 Å². The number of nitrogens with zero attached hydrogens (tertiary/aromatic N) is 2. The summed E-state index contributed by atoms with van der Waals surface area (Å²) in [6, 6.07) is 5.08. The zero-order valence-corrected chi connectivity index (χ0v) is 23.0. The third-order valence-corrected chi connectivity index (χ3v) is 9.50. The number of carbonyl (C=O) groups excluding carboxylic acids is 1. The molecule has 15 heteroatoms. The monoisotopic (exact) mass is 612 g/mol. The molecular formula is C21H17Cl4FN4O4S2. The van der Waals surface area contributed by atoms with Crippen LogP contribution >= 0.6 is 57.7 Å². The highest BCUT2D eigenvalue weighted by Crippen LogP contribution is 2.35. The van der Waals surface area contributed by atoms with Crippen molar-refractivity contribution in [2.45, 2.75) is 17.2 Å². The van der Waals surface area contributed by atoms with Crippen molar-refractivity contribution < 1.29 is 22.3 Å². The number of rotatable bonds is 6. The summed E-state index contributed by atoms with van der Waals surface area (Å²) in [6.45, 7) is -0.413. The first-order valence-electron chi connectivity index (χ1n) is 10.2. The minimum Gasteiger partial charge on any atom is -0.370 e. The van der Waals surface area contributed by atoms with Gasteiger partial charge in [-0.2, -0.15) is 5.10 Å². The number of thiophene rings is 1. The van der Waals surface area contributed by atoms with Gasteiger partial charge in [0.15, 0.2) is 0 Å². The number of sulfonamides is 1. The number of nitrogens with one attached hydrogen (secondary N) is 2. The summed E-state index contributed by atoms with van der Waals surface area (Å²) in [7, 11) is -2.52. The lowest BCUT2D eigenvalue weighted by molar-refractivity contribution is 0.139. The summed E-state index contributed by atoms with van der Waals surface area (Å²) in [5.41, 5.74) is 2.74. The molecule has 0 radical (unpaired) electrons. The van der Waals surface area contributed by atoms with E-state index in [0.717, 1.165) is 11.6 Å². The maximum Gasteiger partial charge on any atom is 0.329 e. The van der Waals surface area contributed by atoms with Crippen molar-refractivity contribution in [3.05, 3.63) is 72.0 Å². The number of urea groups is 1. The van der Waals surface area contributed by atoms with E-state index in [-0.39, 0.29) is 32.4 Å². The molecule has 1 aliphatic rings. The predicted molar refractivity (Wildman–Crippen MR) is 138 cm³/mol. The molecule has 0 aliphatic carbocycles. The number of fused-ring (bicyclic) bond motifs is 1. The van der Waals surface area contributed by atoms with Gasteiger partial charge in [0, 0.05) is 34.7 Å². The van der Waals surface area contributed by atoms with Crippen LogP contribution in [0.15, 0.2) is 34.3 Å². The fourth-order valence-corrected chi connectivity index (χ4v) is 6.86. The molecule has 1 aromatic carbocycles. The lowest BCUT2D eigenvalue weighted by Gasteiger charge is -2.19. The minimum absolute atomic E-state index is 0.0403. The summed E-state index contributed by atoms with van der Waals surface area (Å²) in [5, 5.41) is 7.70. The van der Waals surface area contributed by atoms with Crippen LogP contribution in [0, 0.1) is 0 Å². The number of aromatic nitrogens is 2. The van der Waals surface area contributed by atoms with Crippen LogP contribution in [-0.2, 0) is 34.8 Å². The fourth-order valence-electron chi connectivity index (χ4n) is 3.57. The molecule has 8 nitrogen and oxygen atoms in total. The average Bonchev–Trinajstić information content (AvgIpc) is 3.33. The summed E-state index contributed by atoms with van der Waals surface area (Å²) in [5.74, 6) is -0.706. The molecule has 0 spiro atoms. The number of benzene rings is 1. The number of amides is 2. The first-order chi connectivity index (χ1) is 17.0. The van der Waals surface area contributed by atoms with Gasteiger partial charge in [-0.05, 0) is 23.8 Å². The molecule has 0 saturated carbocycles. The van der Waals surface area contributed by atoms with Gasteiger partial charge in [-0.15, -0.1) is 11.3 Å². The zero-order chi connectivity index (χ0) is 26.2. The van der Waals surface area contributed by atoms with Gasteiger partial charge < -0.3 is 10.1 Å². The number of hydrogen-bond donors (Lipinski definition) is 2. The highest BCUT2D eigenvalue weighted by Gasteiger charge is 2.28. The predicted octanol–water partition coefficient (Wildman–Crippen LogP) is 5.58. The van der Waals surface area contributed by atoms with Gasteiger partial charge in [0.05, 0.1) is 36.2 Å². The lowest BCUT2D eigenvalue weighted by Crippen LogP contribution is -2.39. The lowest BCUT2D eigenvalue weighted by atomic mass is 9.97. The van der Waals surface area contributed by atoms with E-state index in [4.69, 9.17) is 51.1 Å². The van der Waals surface area contributed by atoms with Gasteiger partial charge in [-0.3, -0.25) is 4.68 Å². The van der Waals surface area contributed by atoms with Crippen molar-refractivity contribution in [2.24, 2.45) is 7.05 Å². The Balaban J connectivity index is 1.53. The van der Waals surface area contributed by atoms with E-state index in [1.165, 1.54) is 0 Å². The van der Waals surface area contributed by atoms with Gasteiger partial charge in [0.2, 0.25) is 0 Å². The quantitative estimate of drug-likeness (QED) is 0.378. The molecule has 0 saturated heterocycles. The van der Waals surface area contributed by atoms with Gasteiger partial charge in [0.25, 0.3) is 10.0 Å². The van der Waals surface area contributed by atoms with Gasteiger partial charge in [-0.25, -0.2) is 22.3 Å². The largest absolute Gasteiger partial charge is 0.370 e. The maximum atomic E-state index is 15.3. The second-order valence-electron chi connectivity index (χ2n) is 7.66. The highest BCUT2D eigenvalue weighted by atomic mass is 35.5. The van der Waals surface area contributed by atoms with Crippen molar-refractivity contribution in [3.63, 3.8) is 0 Å². The standard InChI is InChI=1S/C21H17Cl4FN4O4S2/c1-30-17-9-34-8-12(19(17)16(28-30)4-10-2-3-11(22)5-13(10)23)15(26)7-27-21(31)29-36(32,33)18-6-14(24)20(25)35-18/h2-3,5-6H,4,7-9H2,1H3,(H2,27,29,31)/b15-12-. The number of ether oxygens (including phenoxy) is 1. The van der Waals surface area contributed by atoms with Crippen LogP contribution in [0.25, 0.3) is 5.57 Å². The van der Waals surface area contributed by atoms with Crippen molar-refractivity contribution >= 4 is 79.4 Å². The Morgan fingerprint density at radius 3 is 2.61 bits per heavy atom. The van der Waals surface area contributed by atoms with Crippen LogP contribution < -0.4 is 10.0 Å². The summed E-state index contributed by atoms with van der Waals surface area (Å²) >= 11 is 24.6. The Hall–Kier alpha value is -1.86. The van der Waals surface area contributed by atoms with E-state index < -0.39 is 28.4 Å². The molecule has 1 aliphatic heterocycles. The van der Waals surface area contributed by atoms with E-state index in [0.29, 0.717) is 44.8 Å².